The number of thioether (sulfide) groups is 1. The van der Waals surface area contributed by atoms with Crippen molar-refractivity contribution in [3.05, 3.63) is 46.8 Å². The van der Waals surface area contributed by atoms with Gasteiger partial charge in [0, 0.05) is 23.4 Å². The van der Waals surface area contributed by atoms with E-state index in [0.29, 0.717) is 22.8 Å². The molecule has 0 spiro atoms. The zero-order chi connectivity index (χ0) is 21.6. The molecule has 29 heavy (non-hydrogen) atoms. The molecule has 1 N–H and O–H groups in total. The molecular weight excluding hydrogens is 390 g/mol. The number of para-hydroxylation sites is 1. The minimum Gasteiger partial charge on any atom is -0.453 e. The van der Waals surface area contributed by atoms with Gasteiger partial charge in [0.1, 0.15) is 0 Å². The fraction of sp³-hybridized carbons (Fsp3) is 0.381. The van der Waals surface area contributed by atoms with Crippen LogP contribution in [-0.2, 0) is 20.7 Å². The highest BCUT2D eigenvalue weighted by molar-refractivity contribution is 7.98. The number of hydrogen-bond donors (Lipinski definition) is 1. The molecule has 0 aliphatic rings. The lowest BCUT2D eigenvalue weighted by Crippen LogP contribution is -2.30. The molecule has 1 amide bonds. The number of benzene rings is 1. The predicted octanol–water partition coefficient (Wildman–Crippen LogP) is 3.52. The van der Waals surface area contributed by atoms with Gasteiger partial charge in [-0.2, -0.15) is 0 Å². The van der Waals surface area contributed by atoms with Crippen molar-refractivity contribution in [2.45, 2.75) is 51.8 Å². The maximum atomic E-state index is 12.4. The number of Topliss-reactive ketones (excluding diaryl/α,β-unsaturated/α-hetero) is 1. The molecule has 2 aromatic rings. The summed E-state index contributed by atoms with van der Waals surface area (Å²) in [5, 5.41) is 3.34. The smallest absolute Gasteiger partial charge is 0.306 e. The highest BCUT2D eigenvalue weighted by Crippen LogP contribution is 2.18. The Morgan fingerprint density at radius 3 is 2.34 bits per heavy atom. The van der Waals surface area contributed by atoms with E-state index in [2.05, 4.69) is 15.3 Å². The van der Waals surface area contributed by atoms with Gasteiger partial charge in [-0.3, -0.25) is 14.4 Å². The van der Waals surface area contributed by atoms with Crippen LogP contribution in [0.5, 0.6) is 0 Å². The van der Waals surface area contributed by atoms with E-state index in [9.17, 15) is 14.4 Å². The maximum Gasteiger partial charge on any atom is 0.306 e. The second-order valence-electron chi connectivity index (χ2n) is 6.58. The lowest BCUT2D eigenvalue weighted by Gasteiger charge is -2.15. The minimum atomic E-state index is -0.986. The van der Waals surface area contributed by atoms with Gasteiger partial charge in [-0.25, -0.2) is 9.97 Å². The summed E-state index contributed by atoms with van der Waals surface area (Å²) in [6.07, 6.45) is 1.48. The third-order valence-electron chi connectivity index (χ3n) is 4.40. The van der Waals surface area contributed by atoms with Crippen molar-refractivity contribution in [2.75, 3.05) is 11.6 Å². The summed E-state index contributed by atoms with van der Waals surface area (Å²) in [4.78, 5) is 45.0. The number of nitrogens with one attached hydrogen (secondary N) is 1. The highest BCUT2D eigenvalue weighted by Gasteiger charge is 2.20. The van der Waals surface area contributed by atoms with Crippen LogP contribution >= 0.6 is 11.8 Å². The summed E-state index contributed by atoms with van der Waals surface area (Å²) in [5.74, 6) is -1.14. The van der Waals surface area contributed by atoms with Crippen molar-refractivity contribution in [1.82, 2.24) is 9.97 Å². The summed E-state index contributed by atoms with van der Waals surface area (Å²) in [7, 11) is 0. The first-order chi connectivity index (χ1) is 13.7. The summed E-state index contributed by atoms with van der Waals surface area (Å²) in [6, 6.07) is 6.69. The Labute approximate surface area is 174 Å². The Bertz CT molecular complexity index is 907. The average Bonchev–Trinajstić information content (AvgIpc) is 2.67. The number of amides is 1. The third-order valence-corrected chi connectivity index (χ3v) is 4.95. The number of carbonyl (C=O) groups excluding carboxylic acids is 3. The SMILES string of the molecule is CSc1nc(C)c(CCC(=O)O[C@H](C)C(=O)Nc2ccccc2C(C)=O)c(C)n1. The van der Waals surface area contributed by atoms with E-state index in [-0.39, 0.29) is 12.2 Å². The fourth-order valence-corrected chi connectivity index (χ4v) is 3.29. The van der Waals surface area contributed by atoms with Crippen LogP contribution in [0, 0.1) is 13.8 Å². The van der Waals surface area contributed by atoms with Gasteiger partial charge in [-0.15, -0.1) is 0 Å². The lowest BCUT2D eigenvalue weighted by atomic mass is 10.1. The van der Waals surface area contributed by atoms with Crippen LogP contribution in [0.4, 0.5) is 5.69 Å². The third kappa shape index (κ3) is 6.12. The number of ether oxygens (including phenoxy) is 1. The molecule has 0 bridgehead atoms. The standard InChI is InChI=1S/C21H25N3O4S/c1-12-16(13(2)23-21(22-12)29-5)10-11-19(26)28-15(4)20(27)24-18-9-7-6-8-17(18)14(3)25/h6-9,15H,10-11H2,1-5H3,(H,24,27)/t15-/m1/s1. The summed E-state index contributed by atoms with van der Waals surface area (Å²) in [6.45, 7) is 6.69. The maximum absolute atomic E-state index is 12.4. The molecule has 2 rings (SSSR count). The van der Waals surface area contributed by atoms with E-state index >= 15 is 0 Å². The van der Waals surface area contributed by atoms with Gasteiger partial charge >= 0.3 is 5.97 Å². The number of anilines is 1. The summed E-state index contributed by atoms with van der Waals surface area (Å²) < 4.78 is 5.25. The first-order valence-electron chi connectivity index (χ1n) is 9.21. The van der Waals surface area contributed by atoms with Gasteiger partial charge in [-0.05, 0) is 58.1 Å². The molecule has 1 atom stereocenters. The van der Waals surface area contributed by atoms with Crippen molar-refractivity contribution < 1.29 is 19.1 Å². The quantitative estimate of drug-likeness (QED) is 0.305. The van der Waals surface area contributed by atoms with Crippen LogP contribution in [0.15, 0.2) is 29.4 Å². The monoisotopic (exact) mass is 415 g/mol. The molecule has 1 aromatic carbocycles. The molecule has 1 aromatic heterocycles. The number of aromatic nitrogens is 2. The number of nitrogens with zero attached hydrogens (tertiary/aromatic N) is 2. The number of carbonyl (C=O) groups is 3. The highest BCUT2D eigenvalue weighted by atomic mass is 32.2. The van der Waals surface area contributed by atoms with E-state index in [1.807, 2.05) is 20.1 Å². The van der Waals surface area contributed by atoms with Crippen LogP contribution in [-0.4, -0.2) is 40.0 Å². The molecule has 8 heteroatoms. The number of aryl methyl sites for hydroxylation is 2. The Hall–Kier alpha value is -2.74. The van der Waals surface area contributed by atoms with Gasteiger partial charge in [-0.1, -0.05) is 23.9 Å². The van der Waals surface area contributed by atoms with Crippen LogP contribution in [0.25, 0.3) is 0 Å². The molecule has 0 unspecified atom stereocenters. The predicted molar refractivity (Wildman–Crippen MR) is 112 cm³/mol. The Balaban J connectivity index is 1.94. The van der Waals surface area contributed by atoms with E-state index in [1.165, 1.54) is 25.6 Å². The van der Waals surface area contributed by atoms with Gasteiger partial charge in [0.25, 0.3) is 5.91 Å². The van der Waals surface area contributed by atoms with Crippen LogP contribution in [0.2, 0.25) is 0 Å². The topological polar surface area (TPSA) is 98.2 Å². The van der Waals surface area contributed by atoms with Gasteiger partial charge in [0.2, 0.25) is 0 Å². The Kier molecular flexibility index (Phi) is 7.90. The molecule has 1 heterocycles. The number of rotatable bonds is 8. The normalized spacial score (nSPS) is 11.6. The molecule has 0 saturated heterocycles. The Morgan fingerprint density at radius 2 is 1.76 bits per heavy atom. The van der Waals surface area contributed by atoms with Crippen molar-refractivity contribution in [2.24, 2.45) is 0 Å². The van der Waals surface area contributed by atoms with E-state index in [1.54, 1.807) is 24.3 Å². The first kappa shape index (κ1) is 22.5. The second kappa shape index (κ2) is 10.2. The number of hydrogen-bond acceptors (Lipinski definition) is 7. The van der Waals surface area contributed by atoms with Gasteiger partial charge < -0.3 is 10.1 Å². The molecule has 0 radical (unpaired) electrons. The van der Waals surface area contributed by atoms with Crippen molar-refractivity contribution in [3.8, 4) is 0 Å². The molecule has 154 valence electrons. The molecule has 0 aliphatic heterocycles. The minimum absolute atomic E-state index is 0.116. The zero-order valence-corrected chi connectivity index (χ0v) is 18.1. The molecule has 0 aliphatic carbocycles. The van der Waals surface area contributed by atoms with Crippen molar-refractivity contribution >= 4 is 35.1 Å². The molecule has 0 saturated carbocycles. The lowest BCUT2D eigenvalue weighted by molar-refractivity contribution is -0.153. The van der Waals surface area contributed by atoms with Crippen molar-refractivity contribution in [3.63, 3.8) is 0 Å². The largest absolute Gasteiger partial charge is 0.453 e. The van der Waals surface area contributed by atoms with E-state index in [4.69, 9.17) is 4.74 Å². The molecule has 0 fully saturated rings. The van der Waals surface area contributed by atoms with E-state index < -0.39 is 18.0 Å². The molecular formula is C21H25N3O4S. The van der Waals surface area contributed by atoms with Gasteiger partial charge in [0.15, 0.2) is 17.0 Å². The summed E-state index contributed by atoms with van der Waals surface area (Å²) >= 11 is 1.47. The Morgan fingerprint density at radius 1 is 1.14 bits per heavy atom. The molecule has 7 nitrogen and oxygen atoms in total. The number of ketones is 1. The zero-order valence-electron chi connectivity index (χ0n) is 17.2. The number of esters is 1. The van der Waals surface area contributed by atoms with Gasteiger partial charge in [0.05, 0.1) is 5.69 Å². The van der Waals surface area contributed by atoms with Crippen LogP contribution in [0.1, 0.15) is 47.6 Å². The van der Waals surface area contributed by atoms with E-state index in [0.717, 1.165) is 17.0 Å². The average molecular weight is 416 g/mol. The fourth-order valence-electron chi connectivity index (χ4n) is 2.83. The first-order valence-corrected chi connectivity index (χ1v) is 10.4. The van der Waals surface area contributed by atoms with Crippen LogP contribution in [0.3, 0.4) is 0 Å². The second-order valence-corrected chi connectivity index (χ2v) is 7.36. The summed E-state index contributed by atoms with van der Waals surface area (Å²) in [5.41, 5.74) is 3.37. The van der Waals surface area contributed by atoms with Crippen molar-refractivity contribution in [1.29, 1.82) is 0 Å². The van der Waals surface area contributed by atoms with Crippen LogP contribution < -0.4 is 5.32 Å².